The van der Waals surface area contributed by atoms with Gasteiger partial charge in [0, 0.05) is 12.1 Å². The SMILES string of the molecule is COc1cccc(C(C)(C)NC[C@@H](O)[C@H](Cc2ccccc2)NC(=O)c2ccccc2N(c2ccccc2)S(C)(=O)=O)c1. The number of hydrogen-bond acceptors (Lipinski definition) is 6. The number of sulfonamides is 1. The first-order valence-electron chi connectivity index (χ1n) is 14.1. The molecule has 0 unspecified atom stereocenters. The molecule has 0 aliphatic carbocycles. The summed E-state index contributed by atoms with van der Waals surface area (Å²) < 4.78 is 32.4. The second-order valence-electron chi connectivity index (χ2n) is 11.0. The van der Waals surface area contributed by atoms with Gasteiger partial charge < -0.3 is 20.5 Å². The highest BCUT2D eigenvalue weighted by atomic mass is 32.2. The summed E-state index contributed by atoms with van der Waals surface area (Å²) in [5.74, 6) is 0.242. The highest BCUT2D eigenvalue weighted by molar-refractivity contribution is 7.92. The zero-order valence-electron chi connectivity index (χ0n) is 24.9. The summed E-state index contributed by atoms with van der Waals surface area (Å²) in [5, 5.41) is 17.9. The van der Waals surface area contributed by atoms with Crippen molar-refractivity contribution in [3.8, 4) is 5.75 Å². The number of methoxy groups -OCH3 is 1. The molecule has 0 aromatic heterocycles. The number of aliphatic hydroxyl groups excluding tert-OH is 1. The molecule has 0 radical (unpaired) electrons. The zero-order valence-corrected chi connectivity index (χ0v) is 25.7. The van der Waals surface area contributed by atoms with Crippen LogP contribution in [0, 0.1) is 0 Å². The van der Waals surface area contributed by atoms with Crippen LogP contribution in [0.1, 0.15) is 35.3 Å². The number of nitrogens with zero attached hydrogens (tertiary/aromatic N) is 1. The maximum Gasteiger partial charge on any atom is 0.253 e. The molecule has 4 rings (SSSR count). The van der Waals surface area contributed by atoms with Gasteiger partial charge in [-0.05, 0) is 67.8 Å². The number of nitrogens with one attached hydrogen (secondary N) is 2. The van der Waals surface area contributed by atoms with Crippen LogP contribution in [0.4, 0.5) is 11.4 Å². The Morgan fingerprint density at radius 2 is 1.53 bits per heavy atom. The summed E-state index contributed by atoms with van der Waals surface area (Å²) in [6.45, 7) is 4.21. The highest BCUT2D eigenvalue weighted by Crippen LogP contribution is 2.31. The molecule has 0 aliphatic heterocycles. The molecule has 1 amide bonds. The molecule has 2 atom stereocenters. The smallest absolute Gasteiger partial charge is 0.253 e. The summed E-state index contributed by atoms with van der Waals surface area (Å²) in [6, 6.07) is 31.8. The molecule has 0 saturated heterocycles. The molecule has 9 heteroatoms. The van der Waals surface area contributed by atoms with Gasteiger partial charge in [0.15, 0.2) is 0 Å². The van der Waals surface area contributed by atoms with Crippen molar-refractivity contribution in [2.75, 3.05) is 24.2 Å². The molecule has 4 aromatic rings. The lowest BCUT2D eigenvalue weighted by Crippen LogP contribution is -2.51. The van der Waals surface area contributed by atoms with E-state index in [1.54, 1.807) is 61.7 Å². The molecule has 0 bridgehead atoms. The van der Waals surface area contributed by atoms with Crippen LogP contribution in [0.5, 0.6) is 5.75 Å². The average molecular weight is 602 g/mol. The molecular weight excluding hydrogens is 562 g/mol. The van der Waals surface area contributed by atoms with Crippen molar-refractivity contribution in [1.82, 2.24) is 10.6 Å². The van der Waals surface area contributed by atoms with Crippen molar-refractivity contribution in [2.45, 2.75) is 38.0 Å². The molecule has 3 N–H and O–H groups in total. The number of amides is 1. The number of ether oxygens (including phenoxy) is 1. The first kappa shape index (κ1) is 31.7. The van der Waals surface area contributed by atoms with E-state index < -0.39 is 33.6 Å². The van der Waals surface area contributed by atoms with Gasteiger partial charge in [-0.15, -0.1) is 0 Å². The maximum absolute atomic E-state index is 13.8. The minimum Gasteiger partial charge on any atom is -0.497 e. The molecule has 0 aliphatic rings. The predicted octanol–water partition coefficient (Wildman–Crippen LogP) is 5.02. The third-order valence-corrected chi connectivity index (χ3v) is 8.38. The van der Waals surface area contributed by atoms with Gasteiger partial charge in [-0.2, -0.15) is 0 Å². The van der Waals surface area contributed by atoms with Gasteiger partial charge in [-0.3, -0.25) is 4.79 Å². The van der Waals surface area contributed by atoms with Gasteiger partial charge >= 0.3 is 0 Å². The lowest BCUT2D eigenvalue weighted by Gasteiger charge is -2.32. The monoisotopic (exact) mass is 601 g/mol. The summed E-state index contributed by atoms with van der Waals surface area (Å²) in [7, 11) is -2.17. The summed E-state index contributed by atoms with van der Waals surface area (Å²) in [6.07, 6.45) is 0.499. The van der Waals surface area contributed by atoms with Crippen LogP contribution in [-0.4, -0.2) is 51.5 Å². The normalized spacial score (nSPS) is 13.1. The van der Waals surface area contributed by atoms with E-state index in [4.69, 9.17) is 4.74 Å². The Kier molecular flexibility index (Phi) is 10.2. The van der Waals surface area contributed by atoms with E-state index in [1.807, 2.05) is 68.4 Å². The summed E-state index contributed by atoms with van der Waals surface area (Å²) in [4.78, 5) is 13.8. The fourth-order valence-electron chi connectivity index (χ4n) is 4.93. The standard InChI is InChI=1S/C34H39N3O5S/c1-34(2,26-16-13-19-28(23-26)42-3)35-24-32(38)30(22-25-14-7-5-8-15-25)36-33(39)29-20-11-12-21-31(29)37(43(4,40)41)27-17-9-6-10-18-27/h5-21,23,30,32,35,38H,22,24H2,1-4H3,(H,36,39)/t30-,32+/m0/s1. The molecule has 8 nitrogen and oxygen atoms in total. The Morgan fingerprint density at radius 3 is 2.19 bits per heavy atom. The van der Waals surface area contributed by atoms with E-state index in [0.29, 0.717) is 12.1 Å². The Bertz CT molecular complexity index is 1610. The Balaban J connectivity index is 1.61. The Labute approximate surface area is 254 Å². The number of hydrogen-bond donors (Lipinski definition) is 3. The number of carbonyl (C=O) groups excluding carboxylic acids is 1. The van der Waals surface area contributed by atoms with E-state index in [9.17, 15) is 18.3 Å². The van der Waals surface area contributed by atoms with Crippen molar-refractivity contribution < 1.29 is 23.1 Å². The van der Waals surface area contributed by atoms with Crippen molar-refractivity contribution in [1.29, 1.82) is 0 Å². The molecule has 226 valence electrons. The van der Waals surface area contributed by atoms with Gasteiger partial charge in [0.05, 0.1) is 42.4 Å². The van der Waals surface area contributed by atoms with Crippen LogP contribution >= 0.6 is 0 Å². The fraction of sp³-hybridized carbons (Fsp3) is 0.265. The predicted molar refractivity (Wildman–Crippen MR) is 171 cm³/mol. The third kappa shape index (κ3) is 8.22. The average Bonchev–Trinajstić information content (AvgIpc) is 3.00. The largest absolute Gasteiger partial charge is 0.497 e. The number of benzene rings is 4. The molecule has 43 heavy (non-hydrogen) atoms. The van der Waals surface area contributed by atoms with Gasteiger partial charge in [0.2, 0.25) is 10.0 Å². The summed E-state index contributed by atoms with van der Waals surface area (Å²) >= 11 is 0. The van der Waals surface area contributed by atoms with Crippen LogP contribution in [0.15, 0.2) is 109 Å². The number of para-hydroxylation sites is 2. The van der Waals surface area contributed by atoms with Crippen LogP contribution < -0.4 is 19.7 Å². The summed E-state index contributed by atoms with van der Waals surface area (Å²) in [5.41, 5.74) is 2.23. The van der Waals surface area contributed by atoms with Crippen molar-refractivity contribution in [3.63, 3.8) is 0 Å². The maximum atomic E-state index is 13.8. The zero-order chi connectivity index (χ0) is 31.0. The second-order valence-corrected chi connectivity index (χ2v) is 12.8. The number of rotatable bonds is 13. The Hall–Kier alpha value is -4.18. The molecule has 0 fully saturated rings. The number of aliphatic hydroxyl groups is 1. The lowest BCUT2D eigenvalue weighted by molar-refractivity contribution is 0.0814. The molecule has 0 spiro atoms. The quantitative estimate of drug-likeness (QED) is 0.199. The lowest BCUT2D eigenvalue weighted by atomic mass is 9.93. The van der Waals surface area contributed by atoms with E-state index in [2.05, 4.69) is 10.6 Å². The molecule has 0 saturated carbocycles. The van der Waals surface area contributed by atoms with Gasteiger partial charge in [0.1, 0.15) is 5.75 Å². The molecule has 0 heterocycles. The van der Waals surface area contributed by atoms with Crippen LogP contribution in [-0.2, 0) is 22.0 Å². The number of anilines is 2. The van der Waals surface area contributed by atoms with Gasteiger partial charge in [0.25, 0.3) is 5.91 Å². The van der Waals surface area contributed by atoms with Crippen molar-refractivity contribution >= 4 is 27.3 Å². The van der Waals surface area contributed by atoms with Crippen LogP contribution in [0.25, 0.3) is 0 Å². The van der Waals surface area contributed by atoms with Gasteiger partial charge in [-0.25, -0.2) is 12.7 Å². The van der Waals surface area contributed by atoms with Crippen molar-refractivity contribution in [3.05, 3.63) is 126 Å². The fourth-order valence-corrected chi connectivity index (χ4v) is 5.95. The molecular formula is C34H39N3O5S. The van der Waals surface area contributed by atoms with E-state index in [1.165, 1.54) is 0 Å². The number of carbonyl (C=O) groups is 1. The third-order valence-electron chi connectivity index (χ3n) is 7.31. The first-order valence-corrected chi connectivity index (χ1v) is 15.9. The van der Waals surface area contributed by atoms with Crippen LogP contribution in [0.3, 0.4) is 0 Å². The van der Waals surface area contributed by atoms with E-state index in [-0.39, 0.29) is 17.8 Å². The van der Waals surface area contributed by atoms with Gasteiger partial charge in [-0.1, -0.05) is 72.8 Å². The van der Waals surface area contributed by atoms with Crippen molar-refractivity contribution in [2.24, 2.45) is 0 Å². The first-order chi connectivity index (χ1) is 20.5. The van der Waals surface area contributed by atoms with E-state index in [0.717, 1.165) is 27.4 Å². The minimum absolute atomic E-state index is 0.173. The highest BCUT2D eigenvalue weighted by Gasteiger charge is 2.29. The topological polar surface area (TPSA) is 108 Å². The second kappa shape index (κ2) is 13.9. The van der Waals surface area contributed by atoms with Crippen LogP contribution in [0.2, 0.25) is 0 Å². The minimum atomic E-state index is -3.79. The Morgan fingerprint density at radius 1 is 0.907 bits per heavy atom. The van der Waals surface area contributed by atoms with E-state index >= 15 is 0 Å². The molecule has 4 aromatic carbocycles.